The monoisotopic (exact) mass is 356 g/mol. The first-order valence-electron chi connectivity index (χ1n) is 9.72. The molecule has 2 heterocycles. The second kappa shape index (κ2) is 6.69. The van der Waals surface area contributed by atoms with Crippen LogP contribution >= 0.6 is 0 Å². The van der Waals surface area contributed by atoms with Crippen LogP contribution in [0.3, 0.4) is 0 Å². The molecule has 4 rings (SSSR count). The van der Waals surface area contributed by atoms with Crippen molar-refractivity contribution in [1.29, 1.82) is 0 Å². The summed E-state index contributed by atoms with van der Waals surface area (Å²) in [6.45, 7) is 3.67. The SMILES string of the molecule is Cc1ccccc1[C@@H]1[C@@H](C(=O)N2CCC3(CCCC3)C2)OCC(=O)N1C. The van der Waals surface area contributed by atoms with Gasteiger partial charge in [-0.1, -0.05) is 37.1 Å². The number of benzene rings is 1. The second-order valence-corrected chi connectivity index (χ2v) is 8.25. The van der Waals surface area contributed by atoms with E-state index in [1.807, 2.05) is 36.1 Å². The molecule has 0 bridgehead atoms. The molecule has 5 heteroatoms. The van der Waals surface area contributed by atoms with E-state index < -0.39 is 6.10 Å². The number of carbonyl (C=O) groups is 2. The quantitative estimate of drug-likeness (QED) is 0.819. The van der Waals surface area contributed by atoms with E-state index >= 15 is 0 Å². The molecule has 0 aromatic heterocycles. The minimum Gasteiger partial charge on any atom is -0.356 e. The second-order valence-electron chi connectivity index (χ2n) is 8.25. The summed E-state index contributed by atoms with van der Waals surface area (Å²) in [6, 6.07) is 7.60. The third-order valence-corrected chi connectivity index (χ3v) is 6.65. The van der Waals surface area contributed by atoms with Crippen molar-refractivity contribution in [2.75, 3.05) is 26.7 Å². The number of likely N-dealkylation sites (N-methyl/N-ethyl adjacent to an activating group) is 1. The van der Waals surface area contributed by atoms with Gasteiger partial charge < -0.3 is 14.5 Å². The van der Waals surface area contributed by atoms with Crippen LogP contribution in [0.2, 0.25) is 0 Å². The summed E-state index contributed by atoms with van der Waals surface area (Å²) >= 11 is 0. The van der Waals surface area contributed by atoms with E-state index in [0.717, 1.165) is 30.6 Å². The summed E-state index contributed by atoms with van der Waals surface area (Å²) in [5.74, 6) is -0.0302. The normalized spacial score (nSPS) is 28.2. The van der Waals surface area contributed by atoms with Crippen molar-refractivity contribution in [2.45, 2.75) is 51.2 Å². The fraction of sp³-hybridized carbons (Fsp3) is 0.619. The Morgan fingerprint density at radius 3 is 2.65 bits per heavy atom. The van der Waals surface area contributed by atoms with Crippen LogP contribution in [0.25, 0.3) is 0 Å². The number of amides is 2. The van der Waals surface area contributed by atoms with Gasteiger partial charge in [-0.05, 0) is 42.7 Å². The zero-order valence-electron chi connectivity index (χ0n) is 15.7. The van der Waals surface area contributed by atoms with Crippen LogP contribution < -0.4 is 0 Å². The molecule has 0 N–H and O–H groups in total. The Bertz CT molecular complexity index is 711. The molecule has 0 radical (unpaired) electrons. The van der Waals surface area contributed by atoms with Crippen molar-refractivity contribution in [3.63, 3.8) is 0 Å². The summed E-state index contributed by atoms with van der Waals surface area (Å²) < 4.78 is 5.83. The van der Waals surface area contributed by atoms with Crippen molar-refractivity contribution in [2.24, 2.45) is 5.41 Å². The number of rotatable bonds is 2. The summed E-state index contributed by atoms with van der Waals surface area (Å²) in [5.41, 5.74) is 2.41. The number of hydrogen-bond acceptors (Lipinski definition) is 3. The van der Waals surface area contributed by atoms with E-state index in [1.165, 1.54) is 25.7 Å². The van der Waals surface area contributed by atoms with Gasteiger partial charge in [-0.3, -0.25) is 9.59 Å². The van der Waals surface area contributed by atoms with Gasteiger partial charge in [0.05, 0.1) is 6.04 Å². The molecule has 26 heavy (non-hydrogen) atoms. The Morgan fingerprint density at radius 2 is 1.92 bits per heavy atom. The molecule has 140 valence electrons. The van der Waals surface area contributed by atoms with Crippen LogP contribution in [0.15, 0.2) is 24.3 Å². The highest BCUT2D eigenvalue weighted by Gasteiger charge is 2.47. The van der Waals surface area contributed by atoms with Crippen LogP contribution in [0.4, 0.5) is 0 Å². The fourth-order valence-electron chi connectivity index (χ4n) is 5.05. The van der Waals surface area contributed by atoms with Crippen LogP contribution in [0.5, 0.6) is 0 Å². The Balaban J connectivity index is 1.60. The summed E-state index contributed by atoms with van der Waals surface area (Å²) in [6.07, 6.45) is 5.53. The molecular formula is C21H28N2O3. The third-order valence-electron chi connectivity index (χ3n) is 6.65. The maximum Gasteiger partial charge on any atom is 0.254 e. The van der Waals surface area contributed by atoms with Gasteiger partial charge in [-0.25, -0.2) is 0 Å². The molecular weight excluding hydrogens is 328 g/mol. The summed E-state index contributed by atoms with van der Waals surface area (Å²) in [4.78, 5) is 29.3. The van der Waals surface area contributed by atoms with E-state index in [1.54, 1.807) is 11.9 Å². The standard InChI is InChI=1S/C21H28N2O3/c1-15-7-3-4-8-16(15)18-19(26-13-17(24)22(18)2)20(25)23-12-11-21(14-23)9-5-6-10-21/h3-4,7-8,18-19H,5-6,9-14H2,1-2H3/t18-,19+/m1/s1. The number of nitrogens with zero attached hydrogens (tertiary/aromatic N) is 2. The van der Waals surface area contributed by atoms with Gasteiger partial charge in [0.15, 0.2) is 6.10 Å². The highest BCUT2D eigenvalue weighted by molar-refractivity contribution is 5.86. The molecule has 2 atom stereocenters. The van der Waals surface area contributed by atoms with Gasteiger partial charge >= 0.3 is 0 Å². The van der Waals surface area contributed by atoms with Gasteiger partial charge in [-0.15, -0.1) is 0 Å². The highest BCUT2D eigenvalue weighted by atomic mass is 16.5. The molecule has 1 spiro atoms. The lowest BCUT2D eigenvalue weighted by Gasteiger charge is -2.40. The lowest BCUT2D eigenvalue weighted by atomic mass is 9.85. The van der Waals surface area contributed by atoms with E-state index in [4.69, 9.17) is 4.74 Å². The van der Waals surface area contributed by atoms with E-state index in [-0.39, 0.29) is 24.5 Å². The van der Waals surface area contributed by atoms with E-state index in [9.17, 15) is 9.59 Å². The molecule has 3 aliphatic rings. The molecule has 1 aromatic carbocycles. The molecule has 1 aromatic rings. The molecule has 2 aliphatic heterocycles. The smallest absolute Gasteiger partial charge is 0.254 e. The Labute approximate surface area is 155 Å². The molecule has 2 saturated heterocycles. The predicted molar refractivity (Wildman–Crippen MR) is 98.5 cm³/mol. The molecule has 1 aliphatic carbocycles. The Kier molecular flexibility index (Phi) is 4.51. The number of likely N-dealkylation sites (tertiary alicyclic amines) is 1. The van der Waals surface area contributed by atoms with Crippen molar-refractivity contribution in [1.82, 2.24) is 9.80 Å². The van der Waals surface area contributed by atoms with Gasteiger partial charge in [-0.2, -0.15) is 0 Å². The Hall–Kier alpha value is -1.88. The molecule has 2 amide bonds. The summed E-state index contributed by atoms with van der Waals surface area (Å²) in [7, 11) is 1.78. The van der Waals surface area contributed by atoms with Gasteiger partial charge in [0.1, 0.15) is 6.61 Å². The lowest BCUT2D eigenvalue weighted by Crippen LogP contribution is -2.53. The van der Waals surface area contributed by atoms with Crippen LogP contribution in [0, 0.1) is 12.3 Å². The van der Waals surface area contributed by atoms with E-state index in [2.05, 4.69) is 0 Å². The number of carbonyl (C=O) groups excluding carboxylic acids is 2. The minimum absolute atomic E-state index is 0.0196. The van der Waals surface area contributed by atoms with Crippen molar-refractivity contribution in [3.05, 3.63) is 35.4 Å². The highest BCUT2D eigenvalue weighted by Crippen LogP contribution is 2.46. The molecule has 1 saturated carbocycles. The van der Waals surface area contributed by atoms with E-state index in [0.29, 0.717) is 5.41 Å². The lowest BCUT2D eigenvalue weighted by molar-refractivity contribution is -0.167. The first-order valence-corrected chi connectivity index (χ1v) is 9.72. The van der Waals surface area contributed by atoms with Crippen molar-refractivity contribution >= 4 is 11.8 Å². The zero-order valence-corrected chi connectivity index (χ0v) is 15.7. The topological polar surface area (TPSA) is 49.9 Å². The number of morpholine rings is 1. The molecule has 0 unspecified atom stereocenters. The average Bonchev–Trinajstić information content (AvgIpc) is 3.28. The first kappa shape index (κ1) is 17.5. The maximum absolute atomic E-state index is 13.4. The van der Waals surface area contributed by atoms with Crippen LogP contribution in [-0.4, -0.2) is 54.5 Å². The van der Waals surface area contributed by atoms with Gasteiger partial charge in [0, 0.05) is 20.1 Å². The van der Waals surface area contributed by atoms with Crippen LogP contribution in [-0.2, 0) is 14.3 Å². The predicted octanol–water partition coefficient (Wildman–Crippen LogP) is 2.69. The first-order chi connectivity index (χ1) is 12.5. The molecule has 5 nitrogen and oxygen atoms in total. The van der Waals surface area contributed by atoms with Crippen molar-refractivity contribution in [3.8, 4) is 0 Å². The van der Waals surface area contributed by atoms with Gasteiger partial charge in [0.2, 0.25) is 5.91 Å². The third kappa shape index (κ3) is 2.92. The largest absolute Gasteiger partial charge is 0.356 e. The number of ether oxygens (including phenoxy) is 1. The minimum atomic E-state index is -0.615. The summed E-state index contributed by atoms with van der Waals surface area (Å²) in [5, 5.41) is 0. The fourth-order valence-corrected chi connectivity index (χ4v) is 5.05. The van der Waals surface area contributed by atoms with Crippen molar-refractivity contribution < 1.29 is 14.3 Å². The van der Waals surface area contributed by atoms with Gasteiger partial charge in [0.25, 0.3) is 5.91 Å². The average molecular weight is 356 g/mol. The number of hydrogen-bond donors (Lipinski definition) is 0. The van der Waals surface area contributed by atoms with Crippen LogP contribution in [0.1, 0.15) is 49.3 Å². The zero-order chi connectivity index (χ0) is 18.3. The maximum atomic E-state index is 13.4. The molecule has 3 fully saturated rings. The number of aryl methyl sites for hydroxylation is 1. The Morgan fingerprint density at radius 1 is 1.19 bits per heavy atom.